The first-order valence-corrected chi connectivity index (χ1v) is 9.83. The van der Waals surface area contributed by atoms with Crippen molar-refractivity contribution < 1.29 is 0 Å². The Balaban J connectivity index is 2.00. The predicted octanol–water partition coefficient (Wildman–Crippen LogP) is 7.51. The second-order valence-corrected chi connectivity index (χ2v) is 7.78. The van der Waals surface area contributed by atoms with Gasteiger partial charge in [0.1, 0.15) is 0 Å². The van der Waals surface area contributed by atoms with Crippen LogP contribution in [-0.4, -0.2) is 0 Å². The lowest BCUT2D eigenvalue weighted by Gasteiger charge is -2.26. The van der Waals surface area contributed by atoms with Crippen LogP contribution < -0.4 is 0 Å². The number of rotatable bonds is 5. The molecule has 1 aliphatic rings. The van der Waals surface area contributed by atoms with E-state index in [1.165, 1.54) is 33.4 Å². The van der Waals surface area contributed by atoms with Crippen LogP contribution in [0.15, 0.2) is 96.1 Å². The summed E-state index contributed by atoms with van der Waals surface area (Å²) in [6.45, 7) is 13.1. The summed E-state index contributed by atoms with van der Waals surface area (Å²) < 4.78 is 0. The van der Waals surface area contributed by atoms with Gasteiger partial charge in [-0.3, -0.25) is 0 Å². The highest BCUT2D eigenvalue weighted by atomic mass is 14.2. The van der Waals surface area contributed by atoms with Crippen molar-refractivity contribution in [1.82, 2.24) is 0 Å². The third-order valence-electron chi connectivity index (χ3n) is 5.61. The molecule has 1 aliphatic carbocycles. The molecule has 0 heterocycles. The molecule has 2 aromatic carbocycles. The zero-order valence-corrected chi connectivity index (χ0v) is 17.0. The van der Waals surface area contributed by atoms with Gasteiger partial charge >= 0.3 is 0 Å². The van der Waals surface area contributed by atoms with Crippen LogP contribution in [0.2, 0.25) is 0 Å². The van der Waals surface area contributed by atoms with E-state index in [4.69, 9.17) is 0 Å². The summed E-state index contributed by atoms with van der Waals surface area (Å²) in [5.74, 6) is 0.955. The largest absolute Gasteiger partial charge is 0.0958 e. The summed E-state index contributed by atoms with van der Waals surface area (Å²) in [7, 11) is 0. The van der Waals surface area contributed by atoms with Gasteiger partial charge in [0.25, 0.3) is 0 Å². The van der Waals surface area contributed by atoms with Gasteiger partial charge < -0.3 is 0 Å². The summed E-state index contributed by atoms with van der Waals surface area (Å²) in [6.07, 6.45) is 7.93. The molecule has 0 fully saturated rings. The molecule has 0 N–H and O–H groups in total. The Morgan fingerprint density at radius 3 is 2.30 bits per heavy atom. The minimum absolute atomic E-state index is 0.438. The van der Waals surface area contributed by atoms with Gasteiger partial charge in [-0.05, 0) is 60.9 Å². The highest BCUT2D eigenvalue weighted by Crippen LogP contribution is 2.35. The van der Waals surface area contributed by atoms with E-state index in [9.17, 15) is 0 Å². The fourth-order valence-corrected chi connectivity index (χ4v) is 4.07. The predicted molar refractivity (Wildman–Crippen MR) is 119 cm³/mol. The first-order chi connectivity index (χ1) is 13.0. The quantitative estimate of drug-likeness (QED) is 0.487. The summed E-state index contributed by atoms with van der Waals surface area (Å²) in [5.41, 5.74) is 9.28. The lowest BCUT2D eigenvalue weighted by Crippen LogP contribution is -2.11. The average molecular weight is 355 g/mol. The van der Waals surface area contributed by atoms with Crippen LogP contribution in [0.1, 0.15) is 50.3 Å². The molecular formula is C27H30. The summed E-state index contributed by atoms with van der Waals surface area (Å²) in [5, 5.41) is 0. The van der Waals surface area contributed by atoms with Gasteiger partial charge in [-0.15, -0.1) is 0 Å². The second-order valence-electron chi connectivity index (χ2n) is 7.78. The molecule has 0 saturated carbocycles. The Labute approximate surface area is 164 Å². The number of hydrogen-bond donors (Lipinski definition) is 0. The van der Waals surface area contributed by atoms with Gasteiger partial charge in [0.05, 0.1) is 0 Å². The Bertz CT molecular complexity index is 906. The van der Waals surface area contributed by atoms with Crippen molar-refractivity contribution in [2.24, 2.45) is 5.92 Å². The molecule has 27 heavy (non-hydrogen) atoms. The Hall–Kier alpha value is -2.60. The van der Waals surface area contributed by atoms with Gasteiger partial charge in [0.2, 0.25) is 0 Å². The van der Waals surface area contributed by atoms with Crippen LogP contribution in [0.3, 0.4) is 0 Å². The van der Waals surface area contributed by atoms with Crippen LogP contribution in [0.4, 0.5) is 0 Å². The van der Waals surface area contributed by atoms with Crippen LogP contribution in [0.25, 0.3) is 5.57 Å². The van der Waals surface area contributed by atoms with Crippen LogP contribution >= 0.6 is 0 Å². The average Bonchev–Trinajstić information content (AvgIpc) is 2.66. The van der Waals surface area contributed by atoms with E-state index in [2.05, 4.69) is 107 Å². The Kier molecular flexibility index (Phi) is 5.96. The molecular weight excluding hydrogens is 324 g/mol. The smallest absolute Gasteiger partial charge is 0.00844 e. The van der Waals surface area contributed by atoms with E-state index < -0.39 is 0 Å². The van der Waals surface area contributed by atoms with Gasteiger partial charge in [0.15, 0.2) is 0 Å². The van der Waals surface area contributed by atoms with E-state index in [-0.39, 0.29) is 0 Å². The SMILES string of the molecule is C=C(C)/C(Cc1ccccc1C1C=CC(C)=CC1C)=C(\C)c1ccccc1. The van der Waals surface area contributed by atoms with Crippen molar-refractivity contribution in [2.75, 3.05) is 0 Å². The van der Waals surface area contributed by atoms with Crippen molar-refractivity contribution in [3.8, 4) is 0 Å². The van der Waals surface area contributed by atoms with Gasteiger partial charge in [-0.2, -0.15) is 0 Å². The van der Waals surface area contributed by atoms with Crippen molar-refractivity contribution in [3.05, 3.63) is 113 Å². The van der Waals surface area contributed by atoms with Crippen LogP contribution in [-0.2, 0) is 6.42 Å². The maximum Gasteiger partial charge on any atom is 0.00844 e. The lowest BCUT2D eigenvalue weighted by atomic mass is 9.79. The molecule has 0 aromatic heterocycles. The third kappa shape index (κ3) is 4.39. The Morgan fingerprint density at radius 1 is 0.963 bits per heavy atom. The molecule has 3 rings (SSSR count). The van der Waals surface area contributed by atoms with Crippen LogP contribution in [0, 0.1) is 5.92 Å². The van der Waals surface area contributed by atoms with E-state index in [1.54, 1.807) is 0 Å². The summed E-state index contributed by atoms with van der Waals surface area (Å²) in [6, 6.07) is 19.5. The topological polar surface area (TPSA) is 0 Å². The maximum absolute atomic E-state index is 4.28. The monoisotopic (exact) mass is 354 g/mol. The minimum atomic E-state index is 0.438. The zero-order valence-electron chi connectivity index (χ0n) is 17.0. The van der Waals surface area contributed by atoms with Gasteiger partial charge in [-0.1, -0.05) is 97.5 Å². The third-order valence-corrected chi connectivity index (χ3v) is 5.61. The van der Waals surface area contributed by atoms with Gasteiger partial charge in [0, 0.05) is 5.92 Å². The number of benzene rings is 2. The maximum atomic E-state index is 4.28. The molecule has 0 heteroatoms. The van der Waals surface area contributed by atoms with Crippen molar-refractivity contribution >= 4 is 5.57 Å². The summed E-state index contributed by atoms with van der Waals surface area (Å²) in [4.78, 5) is 0. The van der Waals surface area contributed by atoms with Crippen molar-refractivity contribution in [1.29, 1.82) is 0 Å². The van der Waals surface area contributed by atoms with Crippen molar-refractivity contribution in [3.63, 3.8) is 0 Å². The molecule has 0 radical (unpaired) electrons. The normalized spacial score (nSPS) is 20.1. The van der Waals surface area contributed by atoms with E-state index in [0.29, 0.717) is 11.8 Å². The van der Waals surface area contributed by atoms with E-state index in [1.807, 2.05) is 0 Å². The molecule has 0 aliphatic heterocycles. The van der Waals surface area contributed by atoms with E-state index in [0.717, 1.165) is 12.0 Å². The molecule has 2 unspecified atom stereocenters. The fraction of sp³-hybridized carbons (Fsp3) is 0.259. The molecule has 138 valence electrons. The zero-order chi connectivity index (χ0) is 19.4. The molecule has 0 bridgehead atoms. The molecule has 0 spiro atoms. The highest BCUT2D eigenvalue weighted by molar-refractivity contribution is 5.71. The van der Waals surface area contributed by atoms with Crippen molar-refractivity contribution in [2.45, 2.75) is 40.0 Å². The first-order valence-electron chi connectivity index (χ1n) is 9.83. The molecule has 0 saturated heterocycles. The number of hydrogen-bond acceptors (Lipinski definition) is 0. The molecule has 2 aromatic rings. The second kappa shape index (κ2) is 8.39. The molecule has 0 amide bonds. The van der Waals surface area contributed by atoms with E-state index >= 15 is 0 Å². The Morgan fingerprint density at radius 2 is 1.63 bits per heavy atom. The standard InChI is InChI=1S/C27H30/c1-19(2)27(22(5)23-11-7-6-8-12-23)18-24-13-9-10-14-26(24)25-16-15-20(3)17-21(25)4/h6-17,21,25H,1,18H2,2-5H3/b27-22+. The highest BCUT2D eigenvalue weighted by Gasteiger charge is 2.21. The summed E-state index contributed by atoms with van der Waals surface area (Å²) >= 11 is 0. The lowest BCUT2D eigenvalue weighted by molar-refractivity contribution is 0.625. The van der Waals surface area contributed by atoms with Crippen LogP contribution in [0.5, 0.6) is 0 Å². The minimum Gasteiger partial charge on any atom is -0.0958 e. The molecule has 0 nitrogen and oxygen atoms in total. The van der Waals surface area contributed by atoms with Gasteiger partial charge in [-0.25, -0.2) is 0 Å². The number of allylic oxidation sites excluding steroid dienone is 7. The first kappa shape index (κ1) is 19.2. The fourth-order valence-electron chi connectivity index (χ4n) is 4.07. The molecule has 2 atom stereocenters.